The number of nitrogens with two attached hydrogens (primary N) is 1. The van der Waals surface area contributed by atoms with E-state index in [1.807, 2.05) is 18.2 Å². The molecular formula is C17H15FN2. The molecule has 1 atom stereocenters. The number of hydrogen-bond acceptors (Lipinski definition) is 1. The van der Waals surface area contributed by atoms with E-state index in [0.717, 1.165) is 40.6 Å². The Balaban J connectivity index is 2.07. The van der Waals surface area contributed by atoms with E-state index in [-0.39, 0.29) is 11.9 Å². The zero-order valence-electron chi connectivity index (χ0n) is 11.0. The first-order chi connectivity index (χ1) is 9.74. The van der Waals surface area contributed by atoms with Gasteiger partial charge in [-0.1, -0.05) is 30.3 Å². The van der Waals surface area contributed by atoms with Crippen molar-refractivity contribution < 1.29 is 4.39 Å². The minimum absolute atomic E-state index is 0.0693. The maximum absolute atomic E-state index is 13.7. The minimum atomic E-state index is -0.225. The van der Waals surface area contributed by atoms with Crippen LogP contribution in [-0.2, 0) is 6.42 Å². The van der Waals surface area contributed by atoms with E-state index in [9.17, 15) is 4.39 Å². The first-order valence-electron chi connectivity index (χ1n) is 6.89. The number of rotatable bonds is 1. The van der Waals surface area contributed by atoms with Crippen LogP contribution in [0, 0.1) is 5.82 Å². The number of aromatic nitrogens is 1. The molecule has 4 rings (SSSR count). The van der Waals surface area contributed by atoms with Gasteiger partial charge in [0.25, 0.3) is 0 Å². The molecule has 0 bridgehead atoms. The quantitative estimate of drug-likeness (QED) is 0.688. The van der Waals surface area contributed by atoms with Gasteiger partial charge in [-0.05, 0) is 41.7 Å². The Labute approximate surface area is 116 Å². The van der Waals surface area contributed by atoms with Crippen molar-refractivity contribution in [1.82, 2.24) is 4.98 Å². The molecule has 1 heterocycles. The average Bonchev–Trinajstić information content (AvgIpc) is 2.83. The van der Waals surface area contributed by atoms with Crippen molar-refractivity contribution in [2.75, 3.05) is 0 Å². The largest absolute Gasteiger partial charge is 0.354 e. The number of hydrogen-bond donors (Lipinski definition) is 2. The second-order valence-electron chi connectivity index (χ2n) is 5.41. The fraction of sp³-hybridized carbons (Fsp3) is 0.176. The molecule has 100 valence electrons. The molecule has 1 unspecified atom stereocenters. The molecule has 3 heteroatoms. The molecule has 0 saturated heterocycles. The number of aryl methyl sites for hydroxylation is 1. The molecule has 3 aromatic rings. The van der Waals surface area contributed by atoms with E-state index >= 15 is 0 Å². The van der Waals surface area contributed by atoms with Gasteiger partial charge in [-0.15, -0.1) is 0 Å². The number of benzene rings is 2. The van der Waals surface area contributed by atoms with Gasteiger partial charge in [0.15, 0.2) is 0 Å². The zero-order valence-corrected chi connectivity index (χ0v) is 11.0. The SMILES string of the molecule is NC1CCc2c(-c3ccccc3)[nH]c3cc(F)cc1c23. The molecule has 2 nitrogen and oxygen atoms in total. The van der Waals surface area contributed by atoms with Gasteiger partial charge in [-0.25, -0.2) is 4.39 Å². The molecule has 1 aromatic heterocycles. The van der Waals surface area contributed by atoms with Gasteiger partial charge in [0, 0.05) is 22.6 Å². The molecule has 0 aliphatic heterocycles. The fourth-order valence-corrected chi connectivity index (χ4v) is 3.25. The van der Waals surface area contributed by atoms with Crippen LogP contribution < -0.4 is 5.73 Å². The van der Waals surface area contributed by atoms with Gasteiger partial charge in [0.1, 0.15) is 5.82 Å². The van der Waals surface area contributed by atoms with Gasteiger partial charge >= 0.3 is 0 Å². The minimum Gasteiger partial charge on any atom is -0.354 e. The lowest BCUT2D eigenvalue weighted by atomic mass is 9.87. The number of halogens is 1. The average molecular weight is 266 g/mol. The topological polar surface area (TPSA) is 41.8 Å². The van der Waals surface area contributed by atoms with Gasteiger partial charge in [-0.3, -0.25) is 0 Å². The Morgan fingerprint density at radius 1 is 1.15 bits per heavy atom. The molecule has 0 spiro atoms. The lowest BCUT2D eigenvalue weighted by Crippen LogP contribution is -2.16. The molecule has 20 heavy (non-hydrogen) atoms. The molecule has 1 aliphatic carbocycles. The predicted molar refractivity (Wildman–Crippen MR) is 78.9 cm³/mol. The summed E-state index contributed by atoms with van der Waals surface area (Å²) < 4.78 is 13.7. The monoisotopic (exact) mass is 266 g/mol. The molecule has 0 amide bonds. The highest BCUT2D eigenvalue weighted by atomic mass is 19.1. The normalized spacial score (nSPS) is 17.6. The Bertz CT molecular complexity index is 790. The second kappa shape index (κ2) is 4.18. The standard InChI is InChI=1S/C17H15FN2/c18-11-8-13-14(19)7-6-12-16(13)15(9-11)20-17(12)10-4-2-1-3-5-10/h1-5,8-9,14,20H,6-7,19H2. The van der Waals surface area contributed by atoms with E-state index in [0.29, 0.717) is 0 Å². The Morgan fingerprint density at radius 2 is 1.95 bits per heavy atom. The molecule has 0 radical (unpaired) electrons. The summed E-state index contributed by atoms with van der Waals surface area (Å²) in [6.45, 7) is 0. The Morgan fingerprint density at radius 3 is 2.75 bits per heavy atom. The highest BCUT2D eigenvalue weighted by Gasteiger charge is 2.24. The van der Waals surface area contributed by atoms with E-state index in [1.54, 1.807) is 12.1 Å². The van der Waals surface area contributed by atoms with Crippen LogP contribution in [0.25, 0.3) is 22.2 Å². The Hall–Kier alpha value is -2.13. The van der Waals surface area contributed by atoms with Crippen molar-refractivity contribution >= 4 is 10.9 Å². The van der Waals surface area contributed by atoms with E-state index in [4.69, 9.17) is 5.73 Å². The van der Waals surface area contributed by atoms with Crippen molar-refractivity contribution in [2.24, 2.45) is 5.73 Å². The van der Waals surface area contributed by atoms with Crippen LogP contribution in [0.2, 0.25) is 0 Å². The third-order valence-corrected chi connectivity index (χ3v) is 4.16. The number of nitrogens with one attached hydrogen (secondary N) is 1. The van der Waals surface area contributed by atoms with Gasteiger partial charge in [0.05, 0.1) is 0 Å². The van der Waals surface area contributed by atoms with Gasteiger partial charge in [0.2, 0.25) is 0 Å². The molecular weight excluding hydrogens is 251 g/mol. The molecule has 0 fully saturated rings. The zero-order chi connectivity index (χ0) is 13.7. The lowest BCUT2D eigenvalue weighted by molar-refractivity contribution is 0.608. The predicted octanol–water partition coefficient (Wildman–Crippen LogP) is 3.92. The Kier molecular flexibility index (Phi) is 2.44. The number of H-pyrrole nitrogens is 1. The summed E-state index contributed by atoms with van der Waals surface area (Å²) in [4.78, 5) is 3.38. The first-order valence-corrected chi connectivity index (χ1v) is 6.89. The molecule has 2 aromatic carbocycles. The van der Waals surface area contributed by atoms with Crippen molar-refractivity contribution in [3.8, 4) is 11.3 Å². The summed E-state index contributed by atoms with van der Waals surface area (Å²) in [5, 5.41) is 1.11. The second-order valence-corrected chi connectivity index (χ2v) is 5.41. The van der Waals surface area contributed by atoms with E-state index in [1.165, 1.54) is 5.56 Å². The van der Waals surface area contributed by atoms with E-state index in [2.05, 4.69) is 17.1 Å². The highest BCUT2D eigenvalue weighted by molar-refractivity contribution is 5.94. The van der Waals surface area contributed by atoms with Gasteiger partial charge in [-0.2, -0.15) is 0 Å². The summed E-state index contributed by atoms with van der Waals surface area (Å²) in [6.07, 6.45) is 1.80. The highest BCUT2D eigenvalue weighted by Crippen LogP contribution is 2.40. The van der Waals surface area contributed by atoms with Crippen molar-refractivity contribution in [2.45, 2.75) is 18.9 Å². The third-order valence-electron chi connectivity index (χ3n) is 4.16. The fourth-order valence-electron chi connectivity index (χ4n) is 3.25. The molecule has 1 aliphatic rings. The van der Waals surface area contributed by atoms with Crippen LogP contribution in [-0.4, -0.2) is 4.98 Å². The van der Waals surface area contributed by atoms with Crippen LogP contribution in [0.15, 0.2) is 42.5 Å². The molecule has 3 N–H and O–H groups in total. The van der Waals surface area contributed by atoms with Crippen LogP contribution in [0.3, 0.4) is 0 Å². The van der Waals surface area contributed by atoms with Crippen molar-refractivity contribution in [3.63, 3.8) is 0 Å². The summed E-state index contributed by atoms with van der Waals surface area (Å²) in [6, 6.07) is 13.3. The maximum Gasteiger partial charge on any atom is 0.125 e. The first kappa shape index (κ1) is 11.7. The summed E-state index contributed by atoms with van der Waals surface area (Å²) in [7, 11) is 0. The van der Waals surface area contributed by atoms with Gasteiger partial charge < -0.3 is 10.7 Å². The van der Waals surface area contributed by atoms with Crippen LogP contribution in [0.4, 0.5) is 4.39 Å². The maximum atomic E-state index is 13.7. The van der Waals surface area contributed by atoms with Crippen LogP contribution in [0.1, 0.15) is 23.6 Å². The smallest absolute Gasteiger partial charge is 0.125 e. The van der Waals surface area contributed by atoms with Crippen molar-refractivity contribution in [3.05, 3.63) is 59.4 Å². The summed E-state index contributed by atoms with van der Waals surface area (Å²) in [5.41, 5.74) is 11.4. The lowest BCUT2D eigenvalue weighted by Gasteiger charge is -2.20. The third kappa shape index (κ3) is 1.60. The summed E-state index contributed by atoms with van der Waals surface area (Å²) >= 11 is 0. The molecule has 0 saturated carbocycles. The number of aromatic amines is 1. The van der Waals surface area contributed by atoms with Crippen LogP contribution in [0.5, 0.6) is 0 Å². The summed E-state index contributed by atoms with van der Waals surface area (Å²) in [5.74, 6) is -0.225. The van der Waals surface area contributed by atoms with Crippen LogP contribution >= 0.6 is 0 Å². The van der Waals surface area contributed by atoms with Crippen molar-refractivity contribution in [1.29, 1.82) is 0 Å². The van der Waals surface area contributed by atoms with E-state index < -0.39 is 0 Å².